The summed E-state index contributed by atoms with van der Waals surface area (Å²) in [5, 5.41) is 19.8. The van der Waals surface area contributed by atoms with Crippen molar-refractivity contribution in [3.8, 4) is 0 Å². The maximum Gasteiger partial charge on any atom is 0.226 e. The Morgan fingerprint density at radius 1 is 1.40 bits per heavy atom. The van der Waals surface area contributed by atoms with E-state index >= 15 is 0 Å². The molecule has 0 aliphatic heterocycles. The van der Waals surface area contributed by atoms with Crippen molar-refractivity contribution in [2.24, 2.45) is 11.7 Å². The molecule has 15 heavy (non-hydrogen) atoms. The van der Waals surface area contributed by atoms with Gasteiger partial charge in [-0.05, 0) is 18.4 Å². The molecule has 2 rings (SSSR count). The van der Waals surface area contributed by atoms with Crippen LogP contribution in [-0.4, -0.2) is 16.1 Å². The van der Waals surface area contributed by atoms with E-state index in [1.807, 2.05) is 12.1 Å². The van der Waals surface area contributed by atoms with Crippen molar-refractivity contribution >= 4 is 5.91 Å². The van der Waals surface area contributed by atoms with E-state index in [1.54, 1.807) is 12.1 Å². The van der Waals surface area contributed by atoms with Crippen molar-refractivity contribution in [2.45, 2.75) is 18.6 Å². The summed E-state index contributed by atoms with van der Waals surface area (Å²) in [5.74, 6) is -3.72. The molecule has 0 spiro atoms. The Hall–Kier alpha value is -1.39. The highest BCUT2D eigenvalue weighted by Gasteiger charge is 2.44. The molecule has 0 aromatic heterocycles. The van der Waals surface area contributed by atoms with E-state index in [2.05, 4.69) is 0 Å². The van der Waals surface area contributed by atoms with Gasteiger partial charge in [-0.1, -0.05) is 24.3 Å². The summed E-state index contributed by atoms with van der Waals surface area (Å²) in [7, 11) is 0. The molecule has 1 unspecified atom stereocenters. The van der Waals surface area contributed by atoms with Crippen LogP contribution in [0.15, 0.2) is 24.3 Å². The van der Waals surface area contributed by atoms with Crippen LogP contribution < -0.4 is 5.73 Å². The first-order chi connectivity index (χ1) is 7.03. The predicted molar refractivity (Wildman–Crippen MR) is 53.6 cm³/mol. The highest BCUT2D eigenvalue weighted by atomic mass is 16.5. The van der Waals surface area contributed by atoms with Crippen LogP contribution in [0.4, 0.5) is 0 Å². The average molecular weight is 207 g/mol. The normalized spacial score (nSPS) is 23.2. The summed E-state index contributed by atoms with van der Waals surface area (Å²) in [6.45, 7) is 0. The lowest BCUT2D eigenvalue weighted by atomic mass is 9.78. The van der Waals surface area contributed by atoms with Crippen LogP contribution in [0, 0.1) is 5.92 Å². The van der Waals surface area contributed by atoms with Gasteiger partial charge in [-0.15, -0.1) is 0 Å². The van der Waals surface area contributed by atoms with Gasteiger partial charge in [0.25, 0.3) is 0 Å². The van der Waals surface area contributed by atoms with Crippen molar-refractivity contribution in [1.82, 2.24) is 0 Å². The molecule has 0 heterocycles. The highest BCUT2D eigenvalue weighted by molar-refractivity contribution is 5.78. The summed E-state index contributed by atoms with van der Waals surface area (Å²) in [4.78, 5) is 11.1. The molecular weight excluding hydrogens is 194 g/mol. The third-order valence-electron chi connectivity index (χ3n) is 2.95. The number of nitrogens with two attached hydrogens (primary N) is 1. The molecule has 0 radical (unpaired) electrons. The molecule has 4 N–H and O–H groups in total. The number of hydrogen-bond acceptors (Lipinski definition) is 3. The van der Waals surface area contributed by atoms with Crippen LogP contribution in [-0.2, 0) is 17.0 Å². The number of aliphatic hydroxyl groups is 2. The van der Waals surface area contributed by atoms with Crippen LogP contribution in [0.2, 0.25) is 0 Å². The summed E-state index contributed by atoms with van der Waals surface area (Å²) in [6.07, 6.45) is 1.02. The number of primary amides is 1. The van der Waals surface area contributed by atoms with Gasteiger partial charge in [0, 0.05) is 5.56 Å². The number of rotatable bonds is 1. The van der Waals surface area contributed by atoms with Crippen LogP contribution in [0.5, 0.6) is 0 Å². The van der Waals surface area contributed by atoms with Crippen LogP contribution >= 0.6 is 0 Å². The standard InChI is InChI=1S/C11H13NO3/c12-10(13)9-6-5-7-3-1-2-4-8(7)11(9,14)15/h1-4,9,14-15H,5-6H2,(H2,12,13). The average Bonchev–Trinajstić information content (AvgIpc) is 2.17. The number of benzene rings is 1. The third-order valence-corrected chi connectivity index (χ3v) is 2.95. The zero-order valence-corrected chi connectivity index (χ0v) is 8.18. The largest absolute Gasteiger partial charge is 0.369 e. The van der Waals surface area contributed by atoms with E-state index in [-0.39, 0.29) is 0 Å². The number of fused-ring (bicyclic) bond motifs is 1. The molecule has 1 aliphatic rings. The van der Waals surface area contributed by atoms with Crippen LogP contribution in [0.1, 0.15) is 17.5 Å². The quantitative estimate of drug-likeness (QED) is 0.561. The van der Waals surface area contributed by atoms with Gasteiger partial charge in [-0.2, -0.15) is 0 Å². The fraction of sp³-hybridized carbons (Fsp3) is 0.364. The second-order valence-corrected chi connectivity index (χ2v) is 3.88. The lowest BCUT2D eigenvalue weighted by Crippen LogP contribution is -2.46. The summed E-state index contributed by atoms with van der Waals surface area (Å²) in [6, 6.07) is 6.99. The lowest BCUT2D eigenvalue weighted by molar-refractivity contribution is -0.214. The molecule has 1 aliphatic carbocycles. The van der Waals surface area contributed by atoms with Crippen LogP contribution in [0.25, 0.3) is 0 Å². The zero-order chi connectivity index (χ0) is 11.1. The van der Waals surface area contributed by atoms with Gasteiger partial charge in [0.15, 0.2) is 0 Å². The van der Waals surface area contributed by atoms with Gasteiger partial charge >= 0.3 is 0 Å². The minimum absolute atomic E-state index is 0.374. The van der Waals surface area contributed by atoms with Crippen molar-refractivity contribution < 1.29 is 15.0 Å². The van der Waals surface area contributed by atoms with Gasteiger partial charge in [-0.3, -0.25) is 4.79 Å². The summed E-state index contributed by atoms with van der Waals surface area (Å²) in [5.41, 5.74) is 6.39. The van der Waals surface area contributed by atoms with Gasteiger partial charge in [0.1, 0.15) is 0 Å². The van der Waals surface area contributed by atoms with Crippen LogP contribution in [0.3, 0.4) is 0 Å². The third kappa shape index (κ3) is 1.52. The van der Waals surface area contributed by atoms with E-state index in [9.17, 15) is 15.0 Å². The molecule has 0 saturated heterocycles. The minimum Gasteiger partial charge on any atom is -0.369 e. The second kappa shape index (κ2) is 3.32. The first kappa shape index (κ1) is 10.1. The minimum atomic E-state index is -2.12. The Bertz CT molecular complexity index is 401. The van der Waals surface area contributed by atoms with E-state index in [0.717, 1.165) is 5.56 Å². The maximum atomic E-state index is 11.1. The molecular formula is C11H13NO3. The highest BCUT2D eigenvalue weighted by Crippen LogP contribution is 2.37. The Morgan fingerprint density at radius 2 is 2.07 bits per heavy atom. The molecule has 80 valence electrons. The van der Waals surface area contributed by atoms with Crippen molar-refractivity contribution in [2.75, 3.05) is 0 Å². The summed E-state index contributed by atoms with van der Waals surface area (Å²) >= 11 is 0. The molecule has 1 aromatic carbocycles. The number of hydrogen-bond donors (Lipinski definition) is 3. The van der Waals surface area contributed by atoms with Gasteiger partial charge < -0.3 is 15.9 Å². The fourth-order valence-corrected chi connectivity index (χ4v) is 2.13. The number of carbonyl (C=O) groups is 1. The van der Waals surface area contributed by atoms with E-state index in [0.29, 0.717) is 18.4 Å². The molecule has 1 aromatic rings. The first-order valence-corrected chi connectivity index (χ1v) is 4.86. The Labute approximate surface area is 87.3 Å². The molecule has 0 fully saturated rings. The van der Waals surface area contributed by atoms with Crippen molar-refractivity contribution in [3.63, 3.8) is 0 Å². The molecule has 4 heteroatoms. The topological polar surface area (TPSA) is 83.6 Å². The second-order valence-electron chi connectivity index (χ2n) is 3.88. The fourth-order valence-electron chi connectivity index (χ4n) is 2.13. The smallest absolute Gasteiger partial charge is 0.226 e. The maximum absolute atomic E-state index is 11.1. The van der Waals surface area contributed by atoms with Crippen molar-refractivity contribution in [1.29, 1.82) is 0 Å². The van der Waals surface area contributed by atoms with E-state index < -0.39 is 17.6 Å². The van der Waals surface area contributed by atoms with E-state index in [4.69, 9.17) is 5.73 Å². The number of carbonyl (C=O) groups excluding carboxylic acids is 1. The summed E-state index contributed by atoms with van der Waals surface area (Å²) < 4.78 is 0. The Kier molecular flexibility index (Phi) is 2.25. The number of amides is 1. The van der Waals surface area contributed by atoms with Gasteiger partial charge in [0.05, 0.1) is 5.92 Å². The first-order valence-electron chi connectivity index (χ1n) is 4.86. The molecule has 1 atom stereocenters. The van der Waals surface area contributed by atoms with Crippen molar-refractivity contribution in [3.05, 3.63) is 35.4 Å². The molecule has 0 saturated carbocycles. The van der Waals surface area contributed by atoms with Gasteiger partial charge in [-0.25, -0.2) is 0 Å². The predicted octanol–water partition coefficient (Wildman–Crippen LogP) is -0.128. The van der Waals surface area contributed by atoms with E-state index in [1.165, 1.54) is 0 Å². The lowest BCUT2D eigenvalue weighted by Gasteiger charge is -2.35. The monoisotopic (exact) mass is 207 g/mol. The molecule has 1 amide bonds. The Balaban J connectivity index is 2.49. The Morgan fingerprint density at radius 3 is 2.73 bits per heavy atom. The molecule has 0 bridgehead atoms. The SMILES string of the molecule is NC(=O)C1CCc2ccccc2C1(O)O. The zero-order valence-electron chi connectivity index (χ0n) is 8.18. The molecule has 4 nitrogen and oxygen atoms in total. The number of aryl methyl sites for hydroxylation is 1. The van der Waals surface area contributed by atoms with Gasteiger partial charge in [0.2, 0.25) is 11.7 Å².